The Morgan fingerprint density at radius 2 is 1.86 bits per heavy atom. The summed E-state index contributed by atoms with van der Waals surface area (Å²) in [4.78, 5) is 16.5. The molecule has 10 heteroatoms. The van der Waals surface area contributed by atoms with Crippen molar-refractivity contribution in [2.75, 3.05) is 31.1 Å². The first-order chi connectivity index (χ1) is 13.2. The van der Waals surface area contributed by atoms with Crippen LogP contribution in [-0.2, 0) is 10.0 Å². The van der Waals surface area contributed by atoms with Crippen molar-refractivity contribution < 1.29 is 13.3 Å². The van der Waals surface area contributed by atoms with Crippen LogP contribution in [0.4, 0.5) is 11.4 Å². The van der Waals surface area contributed by atoms with Crippen LogP contribution in [-0.4, -0.2) is 48.8 Å². The molecule has 3 rings (SSSR count). The number of nitro groups is 1. The first-order valence-corrected chi connectivity index (χ1v) is 10.1. The van der Waals surface area contributed by atoms with Crippen LogP contribution in [0.1, 0.15) is 17.0 Å². The molecule has 0 atom stereocenters. The van der Waals surface area contributed by atoms with E-state index in [1.807, 2.05) is 17.9 Å². The summed E-state index contributed by atoms with van der Waals surface area (Å²) in [6.07, 6.45) is 0. The van der Waals surface area contributed by atoms with E-state index in [2.05, 4.69) is 11.1 Å². The standard InChI is InChI=1S/C18H19N5O4S/c1-13-10-18(17(12-19)14(2)20-13)21-6-8-22(9-7-21)28(26,27)16-5-3-4-15(11-16)23(24)25/h3-5,10-11H,6-9H2,1-2H3. The Morgan fingerprint density at radius 1 is 1.18 bits per heavy atom. The molecular formula is C18H19N5O4S. The highest BCUT2D eigenvalue weighted by atomic mass is 32.2. The minimum atomic E-state index is -3.83. The second kappa shape index (κ2) is 7.53. The zero-order chi connectivity index (χ0) is 20.5. The van der Waals surface area contributed by atoms with E-state index >= 15 is 0 Å². The third kappa shape index (κ3) is 3.67. The minimum Gasteiger partial charge on any atom is -0.368 e. The smallest absolute Gasteiger partial charge is 0.270 e. The van der Waals surface area contributed by atoms with E-state index in [4.69, 9.17) is 0 Å². The third-order valence-electron chi connectivity index (χ3n) is 4.66. The maximum absolute atomic E-state index is 12.9. The molecule has 0 saturated carbocycles. The zero-order valence-corrected chi connectivity index (χ0v) is 16.3. The van der Waals surface area contributed by atoms with Gasteiger partial charge in [-0.3, -0.25) is 15.1 Å². The Labute approximate surface area is 163 Å². The molecule has 1 aliphatic rings. The second-order valence-corrected chi connectivity index (χ2v) is 8.44. The predicted molar refractivity (Wildman–Crippen MR) is 102 cm³/mol. The SMILES string of the molecule is Cc1cc(N2CCN(S(=O)(=O)c3cccc([N+](=O)[O-])c3)CC2)c(C#N)c(C)n1. The van der Waals surface area contributed by atoms with E-state index in [0.717, 1.165) is 17.4 Å². The van der Waals surface area contributed by atoms with Crippen molar-refractivity contribution in [2.45, 2.75) is 18.7 Å². The molecule has 1 aliphatic heterocycles. The van der Waals surface area contributed by atoms with Crippen molar-refractivity contribution in [3.63, 3.8) is 0 Å². The molecule has 146 valence electrons. The average molecular weight is 401 g/mol. The number of nitriles is 1. The molecule has 1 saturated heterocycles. The molecule has 1 aromatic heterocycles. The number of nitrogens with zero attached hydrogens (tertiary/aromatic N) is 5. The highest BCUT2D eigenvalue weighted by Gasteiger charge is 2.30. The Bertz CT molecular complexity index is 1070. The monoisotopic (exact) mass is 401 g/mol. The minimum absolute atomic E-state index is 0.0940. The summed E-state index contributed by atoms with van der Waals surface area (Å²) < 4.78 is 27.0. The van der Waals surface area contributed by atoms with Crippen LogP contribution in [0.25, 0.3) is 0 Å². The molecule has 1 fully saturated rings. The Balaban J connectivity index is 1.82. The lowest BCUT2D eigenvalue weighted by Gasteiger charge is -2.36. The highest BCUT2D eigenvalue weighted by Crippen LogP contribution is 2.27. The summed E-state index contributed by atoms with van der Waals surface area (Å²) in [5, 5.41) is 20.4. The summed E-state index contributed by atoms with van der Waals surface area (Å²) in [5.74, 6) is 0. The van der Waals surface area contributed by atoms with Gasteiger partial charge in [0.05, 0.1) is 26.8 Å². The number of pyridine rings is 1. The topological polar surface area (TPSA) is 120 Å². The van der Waals surface area contributed by atoms with Gasteiger partial charge in [0.2, 0.25) is 10.0 Å². The second-order valence-electron chi connectivity index (χ2n) is 6.50. The van der Waals surface area contributed by atoms with E-state index in [0.29, 0.717) is 24.3 Å². The number of nitro benzene ring substituents is 1. The molecule has 0 unspecified atom stereocenters. The summed E-state index contributed by atoms with van der Waals surface area (Å²) >= 11 is 0. The number of hydrogen-bond donors (Lipinski definition) is 0. The van der Waals surface area contributed by atoms with Crippen LogP contribution in [0.5, 0.6) is 0 Å². The fourth-order valence-electron chi connectivity index (χ4n) is 3.27. The molecule has 0 bridgehead atoms. The average Bonchev–Trinajstić information content (AvgIpc) is 2.67. The summed E-state index contributed by atoms with van der Waals surface area (Å²) in [5.41, 5.74) is 2.41. The fraction of sp³-hybridized carbons (Fsp3) is 0.333. The maximum atomic E-state index is 12.9. The molecule has 9 nitrogen and oxygen atoms in total. The molecule has 0 radical (unpaired) electrons. The number of rotatable bonds is 4. The molecule has 28 heavy (non-hydrogen) atoms. The lowest BCUT2D eigenvalue weighted by atomic mass is 10.1. The van der Waals surface area contributed by atoms with Gasteiger partial charge in [0.25, 0.3) is 5.69 Å². The first-order valence-electron chi connectivity index (χ1n) is 8.62. The highest BCUT2D eigenvalue weighted by molar-refractivity contribution is 7.89. The first kappa shape index (κ1) is 19.7. The number of sulfonamides is 1. The van der Waals surface area contributed by atoms with Crippen molar-refractivity contribution in [2.24, 2.45) is 0 Å². The number of piperazine rings is 1. The van der Waals surface area contributed by atoms with Crippen LogP contribution < -0.4 is 4.90 Å². The van der Waals surface area contributed by atoms with Crippen LogP contribution in [0, 0.1) is 35.3 Å². The molecular weight excluding hydrogens is 382 g/mol. The van der Waals surface area contributed by atoms with Crippen LogP contribution >= 0.6 is 0 Å². The molecule has 0 N–H and O–H groups in total. The Morgan fingerprint density at radius 3 is 2.46 bits per heavy atom. The Kier molecular flexibility index (Phi) is 5.31. The zero-order valence-electron chi connectivity index (χ0n) is 15.5. The number of hydrogen-bond acceptors (Lipinski definition) is 7. The number of anilines is 1. The number of benzene rings is 1. The lowest BCUT2D eigenvalue weighted by Crippen LogP contribution is -2.49. The van der Waals surface area contributed by atoms with Crippen LogP contribution in [0.3, 0.4) is 0 Å². The van der Waals surface area contributed by atoms with E-state index in [9.17, 15) is 23.8 Å². The van der Waals surface area contributed by atoms with Gasteiger partial charge in [-0.15, -0.1) is 0 Å². The van der Waals surface area contributed by atoms with Crippen LogP contribution in [0.2, 0.25) is 0 Å². The Hall–Kier alpha value is -3.03. The molecule has 2 heterocycles. The van der Waals surface area contributed by atoms with Crippen molar-refractivity contribution in [3.05, 3.63) is 57.4 Å². The molecule has 1 aromatic carbocycles. The number of non-ortho nitro benzene ring substituents is 1. The summed E-state index contributed by atoms with van der Waals surface area (Å²) in [6.45, 7) is 4.88. The third-order valence-corrected chi connectivity index (χ3v) is 6.56. The van der Waals surface area contributed by atoms with Crippen molar-refractivity contribution >= 4 is 21.4 Å². The molecule has 2 aromatic rings. The molecule has 0 amide bonds. The van der Waals surface area contributed by atoms with Gasteiger partial charge in [-0.2, -0.15) is 9.57 Å². The van der Waals surface area contributed by atoms with Crippen molar-refractivity contribution in [3.8, 4) is 6.07 Å². The van der Waals surface area contributed by atoms with Gasteiger partial charge in [-0.25, -0.2) is 8.42 Å². The van der Waals surface area contributed by atoms with E-state index < -0.39 is 14.9 Å². The largest absolute Gasteiger partial charge is 0.368 e. The van der Waals surface area contributed by atoms with Gasteiger partial charge >= 0.3 is 0 Å². The van der Waals surface area contributed by atoms with Crippen molar-refractivity contribution in [1.82, 2.24) is 9.29 Å². The van der Waals surface area contributed by atoms with Crippen molar-refractivity contribution in [1.29, 1.82) is 5.26 Å². The van der Waals surface area contributed by atoms with E-state index in [-0.39, 0.29) is 23.7 Å². The lowest BCUT2D eigenvalue weighted by molar-refractivity contribution is -0.385. The van der Waals surface area contributed by atoms with Gasteiger partial charge in [0.15, 0.2) is 0 Å². The van der Waals surface area contributed by atoms with Gasteiger partial charge in [-0.1, -0.05) is 6.07 Å². The summed E-state index contributed by atoms with van der Waals surface area (Å²) in [7, 11) is -3.83. The number of aryl methyl sites for hydroxylation is 2. The maximum Gasteiger partial charge on any atom is 0.270 e. The quantitative estimate of drug-likeness (QED) is 0.567. The van der Waals surface area contributed by atoms with Gasteiger partial charge in [-0.05, 0) is 26.0 Å². The predicted octanol–water partition coefficient (Wildman–Crippen LogP) is 1.99. The molecule has 0 aliphatic carbocycles. The van der Waals surface area contributed by atoms with Gasteiger partial charge in [0, 0.05) is 44.0 Å². The molecule has 0 spiro atoms. The van der Waals surface area contributed by atoms with Crippen LogP contribution in [0.15, 0.2) is 35.2 Å². The fourth-order valence-corrected chi connectivity index (χ4v) is 4.73. The van der Waals surface area contributed by atoms with E-state index in [1.54, 1.807) is 6.92 Å². The van der Waals surface area contributed by atoms with E-state index in [1.165, 1.54) is 22.5 Å². The van der Waals surface area contributed by atoms with Gasteiger partial charge in [0.1, 0.15) is 6.07 Å². The number of aromatic nitrogens is 1. The van der Waals surface area contributed by atoms with Gasteiger partial charge < -0.3 is 4.90 Å². The normalized spacial score (nSPS) is 15.2. The summed E-state index contributed by atoms with van der Waals surface area (Å²) in [6, 6.07) is 9.06.